The third-order valence-corrected chi connectivity index (χ3v) is 5.92. The second-order valence-corrected chi connectivity index (χ2v) is 7.96. The lowest BCUT2D eigenvalue weighted by Gasteiger charge is -2.59. The first-order chi connectivity index (χ1) is 9.57. The molecule has 3 nitrogen and oxygen atoms in total. The molecule has 0 radical (unpaired) electrons. The lowest BCUT2D eigenvalue weighted by Crippen LogP contribution is -2.58. The number of hydrogen-bond acceptors (Lipinski definition) is 2. The fraction of sp³-hybridized carbons (Fsp3) is 0.688. The Kier molecular flexibility index (Phi) is 2.72. The molecule has 4 heteroatoms. The van der Waals surface area contributed by atoms with Gasteiger partial charge in [0.05, 0.1) is 18.2 Å². The van der Waals surface area contributed by atoms with Crippen LogP contribution in [0.4, 0.5) is 0 Å². The van der Waals surface area contributed by atoms with Gasteiger partial charge in [0.15, 0.2) is 0 Å². The van der Waals surface area contributed by atoms with E-state index in [1.165, 1.54) is 6.42 Å². The van der Waals surface area contributed by atoms with Gasteiger partial charge in [0.25, 0.3) is 0 Å². The van der Waals surface area contributed by atoms with Crippen molar-refractivity contribution < 1.29 is 9.21 Å². The van der Waals surface area contributed by atoms with Crippen LogP contribution in [0.2, 0.25) is 0 Å². The van der Waals surface area contributed by atoms with E-state index >= 15 is 0 Å². The van der Waals surface area contributed by atoms with E-state index in [0.717, 1.165) is 37.9 Å². The summed E-state index contributed by atoms with van der Waals surface area (Å²) in [5.41, 5.74) is -0.210. The van der Waals surface area contributed by atoms with Crippen LogP contribution in [0, 0.1) is 17.3 Å². The van der Waals surface area contributed by atoms with Crippen molar-refractivity contribution in [3.05, 3.63) is 24.2 Å². The minimum absolute atomic E-state index is 0.105. The maximum atomic E-state index is 12.7. The Morgan fingerprint density at radius 3 is 2.70 bits per heavy atom. The molecular weight excluding hydrogens is 274 g/mol. The van der Waals surface area contributed by atoms with Crippen LogP contribution in [-0.4, -0.2) is 10.8 Å². The Balaban J connectivity index is 1.51. The van der Waals surface area contributed by atoms with Gasteiger partial charge in [-0.1, -0.05) is 0 Å². The van der Waals surface area contributed by atoms with Gasteiger partial charge in [-0.05, 0) is 62.5 Å². The molecule has 4 aliphatic rings. The van der Waals surface area contributed by atoms with E-state index in [1.807, 2.05) is 12.1 Å². The smallest absolute Gasteiger partial charge is 0.226 e. The number of amides is 1. The molecule has 108 valence electrons. The largest absolute Gasteiger partial charge is 0.467 e. The van der Waals surface area contributed by atoms with Gasteiger partial charge in [-0.2, -0.15) is 0 Å². The van der Waals surface area contributed by atoms with E-state index in [2.05, 4.69) is 5.32 Å². The fourth-order valence-electron chi connectivity index (χ4n) is 5.18. The molecular formula is C16H20ClNO2. The van der Waals surface area contributed by atoms with Crippen molar-refractivity contribution in [3.63, 3.8) is 0 Å². The number of nitrogens with one attached hydrogen (secondary N) is 1. The van der Waals surface area contributed by atoms with Gasteiger partial charge in [0.1, 0.15) is 5.76 Å². The second kappa shape index (κ2) is 4.27. The average Bonchev–Trinajstić information content (AvgIpc) is 2.85. The lowest BCUT2D eigenvalue weighted by molar-refractivity contribution is -0.144. The van der Waals surface area contributed by atoms with Crippen LogP contribution in [0.3, 0.4) is 0 Å². The van der Waals surface area contributed by atoms with Crippen molar-refractivity contribution in [2.75, 3.05) is 0 Å². The van der Waals surface area contributed by atoms with Crippen LogP contribution in [0.5, 0.6) is 0 Å². The summed E-state index contributed by atoms with van der Waals surface area (Å²) < 4.78 is 5.28. The van der Waals surface area contributed by atoms with E-state index in [1.54, 1.807) is 6.26 Å². The number of carbonyl (C=O) groups is 1. The zero-order valence-electron chi connectivity index (χ0n) is 11.5. The van der Waals surface area contributed by atoms with Crippen LogP contribution in [-0.2, 0) is 11.3 Å². The van der Waals surface area contributed by atoms with E-state index in [0.29, 0.717) is 18.4 Å². The molecule has 4 aliphatic carbocycles. The van der Waals surface area contributed by atoms with Crippen LogP contribution < -0.4 is 5.32 Å². The van der Waals surface area contributed by atoms with Gasteiger partial charge in [0.2, 0.25) is 5.91 Å². The summed E-state index contributed by atoms with van der Waals surface area (Å²) in [4.78, 5) is 12.6. The first-order valence-electron chi connectivity index (χ1n) is 7.57. The molecule has 2 unspecified atom stereocenters. The van der Waals surface area contributed by atoms with Crippen LogP contribution >= 0.6 is 11.6 Å². The number of alkyl halides is 1. The number of carbonyl (C=O) groups excluding carboxylic acids is 1. The maximum absolute atomic E-state index is 12.7. The van der Waals surface area contributed by atoms with Crippen molar-refractivity contribution in [1.29, 1.82) is 0 Å². The van der Waals surface area contributed by atoms with Gasteiger partial charge in [-0.3, -0.25) is 4.79 Å². The molecule has 1 aromatic rings. The number of halogens is 1. The summed E-state index contributed by atoms with van der Waals surface area (Å²) in [6.07, 6.45) is 8.06. The molecule has 0 saturated heterocycles. The zero-order chi connectivity index (χ0) is 13.8. The normalized spacial score (nSPS) is 41.9. The molecule has 4 bridgehead atoms. The van der Waals surface area contributed by atoms with Gasteiger partial charge in [-0.25, -0.2) is 0 Å². The predicted octanol–water partition coefficient (Wildman–Crippen LogP) is 3.47. The molecule has 1 N–H and O–H groups in total. The average molecular weight is 294 g/mol. The molecule has 4 atom stereocenters. The highest BCUT2D eigenvalue weighted by Gasteiger charge is 2.59. The maximum Gasteiger partial charge on any atom is 0.226 e. The Hall–Kier alpha value is -0.960. The molecule has 0 aliphatic heterocycles. The van der Waals surface area contributed by atoms with Gasteiger partial charge in [-0.15, -0.1) is 11.6 Å². The Labute approximate surface area is 124 Å². The third kappa shape index (κ3) is 1.98. The summed E-state index contributed by atoms with van der Waals surface area (Å²) in [6, 6.07) is 3.74. The standard InChI is InChI=1S/C16H20ClNO2/c17-16-7-11-4-12(8-16)6-15(5-11,10-16)14(19)18-9-13-2-1-3-20-13/h1-3,11-12H,4-10H2,(H,18,19)/t11-,12+,15?,16?. The Morgan fingerprint density at radius 2 is 2.10 bits per heavy atom. The topological polar surface area (TPSA) is 42.2 Å². The lowest BCUT2D eigenvalue weighted by atomic mass is 9.49. The summed E-state index contributed by atoms with van der Waals surface area (Å²) in [5.74, 6) is 2.31. The van der Waals surface area contributed by atoms with Crippen molar-refractivity contribution >= 4 is 17.5 Å². The molecule has 1 aromatic heterocycles. The molecule has 20 heavy (non-hydrogen) atoms. The Morgan fingerprint density at radius 1 is 1.35 bits per heavy atom. The van der Waals surface area contributed by atoms with Gasteiger partial charge in [0, 0.05) is 4.87 Å². The molecule has 4 saturated carbocycles. The molecule has 0 spiro atoms. The van der Waals surface area contributed by atoms with Crippen LogP contribution in [0.25, 0.3) is 0 Å². The number of rotatable bonds is 3. The second-order valence-electron chi connectivity index (χ2n) is 7.15. The van der Waals surface area contributed by atoms with Crippen molar-refractivity contribution in [3.8, 4) is 0 Å². The van der Waals surface area contributed by atoms with Crippen LogP contribution in [0.1, 0.15) is 44.3 Å². The first-order valence-corrected chi connectivity index (χ1v) is 7.94. The van der Waals surface area contributed by atoms with E-state index in [9.17, 15) is 4.79 Å². The predicted molar refractivity (Wildman–Crippen MR) is 76.3 cm³/mol. The Bertz CT molecular complexity index is 511. The van der Waals surface area contributed by atoms with Crippen molar-refractivity contribution in [2.24, 2.45) is 17.3 Å². The highest BCUT2D eigenvalue weighted by molar-refractivity contribution is 6.24. The minimum atomic E-state index is -0.210. The SMILES string of the molecule is O=C(NCc1ccco1)C12C[C@@H]3C[C@@H](CC(Cl)(C3)C1)C2. The molecule has 0 aromatic carbocycles. The molecule has 4 fully saturated rings. The van der Waals surface area contributed by atoms with Crippen LogP contribution in [0.15, 0.2) is 22.8 Å². The molecule has 1 heterocycles. The molecule has 5 rings (SSSR count). The highest BCUT2D eigenvalue weighted by atomic mass is 35.5. The van der Waals surface area contributed by atoms with Crippen molar-refractivity contribution in [1.82, 2.24) is 5.32 Å². The quantitative estimate of drug-likeness (QED) is 0.867. The summed E-state index contributed by atoms with van der Waals surface area (Å²) in [7, 11) is 0. The third-order valence-electron chi connectivity index (χ3n) is 5.47. The number of furan rings is 1. The van der Waals surface area contributed by atoms with Crippen molar-refractivity contribution in [2.45, 2.75) is 49.9 Å². The van der Waals surface area contributed by atoms with E-state index in [-0.39, 0.29) is 16.2 Å². The van der Waals surface area contributed by atoms with Gasteiger partial charge < -0.3 is 9.73 Å². The van der Waals surface area contributed by atoms with E-state index < -0.39 is 0 Å². The zero-order valence-corrected chi connectivity index (χ0v) is 12.3. The summed E-state index contributed by atoms with van der Waals surface area (Å²) >= 11 is 6.77. The fourth-order valence-corrected chi connectivity index (χ4v) is 5.88. The van der Waals surface area contributed by atoms with E-state index in [4.69, 9.17) is 16.0 Å². The monoisotopic (exact) mass is 293 g/mol. The van der Waals surface area contributed by atoms with Gasteiger partial charge >= 0.3 is 0 Å². The molecule has 1 amide bonds. The summed E-state index contributed by atoms with van der Waals surface area (Å²) in [5, 5.41) is 3.07. The first kappa shape index (κ1) is 12.8. The number of hydrogen-bond donors (Lipinski definition) is 1. The summed E-state index contributed by atoms with van der Waals surface area (Å²) in [6.45, 7) is 0.484. The minimum Gasteiger partial charge on any atom is -0.467 e. The highest BCUT2D eigenvalue weighted by Crippen LogP contribution is 2.63.